The summed E-state index contributed by atoms with van der Waals surface area (Å²) in [6.45, 7) is 4.18. The number of ketones is 1. The molecule has 3 saturated carbocycles. The van der Waals surface area contributed by atoms with Gasteiger partial charge in [-0.2, -0.15) is 13.2 Å². The fraction of sp³-hybridized carbons (Fsp3) is 0.385. The third-order valence-electron chi connectivity index (χ3n) is 6.86. The summed E-state index contributed by atoms with van der Waals surface area (Å²) in [5.41, 5.74) is -1.91. The lowest BCUT2D eigenvalue weighted by Gasteiger charge is -2.50. The number of carbonyl (C=O) groups excluding carboxylic acids is 2. The van der Waals surface area contributed by atoms with Crippen LogP contribution in [0.3, 0.4) is 0 Å². The molecule has 2 aromatic rings. The average molecular weight is 505 g/mol. The number of aliphatic carboxylic acids is 1. The Kier molecular flexibility index (Phi) is 7.56. The molecule has 0 aliphatic heterocycles. The van der Waals surface area contributed by atoms with E-state index in [1.165, 1.54) is 36.4 Å². The molecule has 2 aromatic carbocycles. The third kappa shape index (κ3) is 5.58. The minimum atomic E-state index is -4.63. The molecular weight excluding hydrogens is 479 g/mol. The van der Waals surface area contributed by atoms with Crippen molar-refractivity contribution < 1.29 is 42.6 Å². The van der Waals surface area contributed by atoms with Gasteiger partial charge in [0.15, 0.2) is 0 Å². The molecule has 3 atom stereocenters. The van der Waals surface area contributed by atoms with Crippen molar-refractivity contribution in [1.29, 1.82) is 0 Å². The van der Waals surface area contributed by atoms with E-state index < -0.39 is 41.2 Å². The Hall–Kier alpha value is -3.69. The zero-order valence-electron chi connectivity index (χ0n) is 19.6. The number of nitrogens with one attached hydrogen (secondary N) is 1. The number of benzene rings is 2. The highest BCUT2D eigenvalue weighted by molar-refractivity contribution is 6.11. The quantitative estimate of drug-likeness (QED) is 0.481. The molecule has 3 aliphatic rings. The number of halogens is 3. The molecule has 0 aromatic heterocycles. The van der Waals surface area contributed by atoms with Crippen molar-refractivity contribution in [2.75, 3.05) is 5.32 Å². The van der Waals surface area contributed by atoms with Crippen LogP contribution in [0.4, 0.5) is 18.9 Å². The summed E-state index contributed by atoms with van der Waals surface area (Å²) in [5.74, 6) is -3.86. The maximum Gasteiger partial charge on any atom is 0.418 e. The molecule has 3 unspecified atom stereocenters. The lowest BCUT2D eigenvalue weighted by Crippen LogP contribution is -2.52. The Morgan fingerprint density at radius 3 is 2.06 bits per heavy atom. The largest absolute Gasteiger partial charge is 0.481 e. The zero-order valence-corrected chi connectivity index (χ0v) is 19.6. The number of fused-ring (bicyclic) bond motifs is 3. The number of rotatable bonds is 4. The van der Waals surface area contributed by atoms with Crippen molar-refractivity contribution in [3.05, 3.63) is 65.2 Å². The van der Waals surface area contributed by atoms with Gasteiger partial charge in [-0.15, -0.1) is 0 Å². The number of carboxylic acids is 2. The second-order valence-electron chi connectivity index (χ2n) is 9.64. The molecule has 0 radical (unpaired) electrons. The molecule has 0 heterocycles. The Morgan fingerprint density at radius 1 is 0.944 bits per heavy atom. The molecule has 192 valence electrons. The van der Waals surface area contributed by atoms with E-state index in [1.54, 1.807) is 0 Å². The monoisotopic (exact) mass is 505 g/mol. The first-order valence-corrected chi connectivity index (χ1v) is 11.3. The summed E-state index contributed by atoms with van der Waals surface area (Å²) in [6.07, 6.45) is -1.95. The molecule has 7 nitrogen and oxygen atoms in total. The Labute approximate surface area is 205 Å². The van der Waals surface area contributed by atoms with Crippen molar-refractivity contribution in [2.45, 2.75) is 39.3 Å². The normalized spacial score (nSPS) is 22.2. The zero-order chi connectivity index (χ0) is 26.8. The van der Waals surface area contributed by atoms with E-state index >= 15 is 0 Å². The van der Waals surface area contributed by atoms with E-state index in [9.17, 15) is 32.3 Å². The lowest BCUT2D eigenvalue weighted by atomic mass is 9.53. The third-order valence-corrected chi connectivity index (χ3v) is 6.86. The van der Waals surface area contributed by atoms with E-state index in [-0.39, 0.29) is 34.2 Å². The highest BCUT2D eigenvalue weighted by Crippen LogP contribution is 2.53. The molecule has 0 spiro atoms. The first-order chi connectivity index (χ1) is 16.7. The molecule has 3 aliphatic carbocycles. The van der Waals surface area contributed by atoms with Gasteiger partial charge in [0.25, 0.3) is 5.91 Å². The molecule has 5 rings (SSSR count). The van der Waals surface area contributed by atoms with E-state index in [2.05, 4.69) is 19.2 Å². The van der Waals surface area contributed by atoms with Crippen LogP contribution in [0, 0.1) is 23.2 Å². The van der Waals surface area contributed by atoms with Gasteiger partial charge in [0.05, 0.1) is 22.4 Å². The maximum absolute atomic E-state index is 12.9. The van der Waals surface area contributed by atoms with Gasteiger partial charge in [-0.05, 0) is 54.9 Å². The fourth-order valence-corrected chi connectivity index (χ4v) is 5.16. The minimum Gasteiger partial charge on any atom is -0.481 e. The summed E-state index contributed by atoms with van der Waals surface area (Å²) in [5, 5.41) is 20.2. The van der Waals surface area contributed by atoms with Gasteiger partial charge in [0, 0.05) is 5.92 Å². The standard InChI is InChI=1S/C15H10F3NO3.C11H16O3/c16-15(17,18)11-7-3-4-8-12(11)19-13(20)9-5-1-2-6-10(9)14(21)22;1-11(2)5-6-3-4-7(11)8(9(6)12)10(13)14/h1-8H,(H,19,20)(H,21,22);6-8H,3-5H2,1-2H3,(H,13,14). The summed E-state index contributed by atoms with van der Waals surface area (Å²) in [4.78, 5) is 45.9. The Bertz CT molecular complexity index is 1190. The summed E-state index contributed by atoms with van der Waals surface area (Å²) in [7, 11) is 0. The second kappa shape index (κ2) is 10.1. The molecular formula is C26H26F3NO6. The van der Waals surface area contributed by atoms with Crippen LogP contribution in [0.5, 0.6) is 0 Å². The highest BCUT2D eigenvalue weighted by Gasteiger charge is 2.54. The maximum atomic E-state index is 12.9. The Morgan fingerprint density at radius 2 is 1.53 bits per heavy atom. The molecule has 3 fully saturated rings. The van der Waals surface area contributed by atoms with Crippen LogP contribution in [-0.4, -0.2) is 33.8 Å². The number of para-hydroxylation sites is 1. The topological polar surface area (TPSA) is 121 Å². The summed E-state index contributed by atoms with van der Waals surface area (Å²) < 4.78 is 38.6. The fourth-order valence-electron chi connectivity index (χ4n) is 5.16. The van der Waals surface area contributed by atoms with Crippen LogP contribution in [0.2, 0.25) is 0 Å². The molecule has 3 N–H and O–H groups in total. The molecule has 10 heteroatoms. The highest BCUT2D eigenvalue weighted by atomic mass is 19.4. The molecule has 1 amide bonds. The van der Waals surface area contributed by atoms with Gasteiger partial charge >= 0.3 is 18.1 Å². The van der Waals surface area contributed by atoms with Gasteiger partial charge in [-0.25, -0.2) is 4.79 Å². The second-order valence-corrected chi connectivity index (χ2v) is 9.64. The van der Waals surface area contributed by atoms with Crippen LogP contribution < -0.4 is 5.32 Å². The number of aromatic carboxylic acids is 1. The summed E-state index contributed by atoms with van der Waals surface area (Å²) in [6, 6.07) is 9.75. The van der Waals surface area contributed by atoms with E-state index in [0.717, 1.165) is 31.4 Å². The van der Waals surface area contributed by atoms with Crippen LogP contribution in [0.25, 0.3) is 0 Å². The number of carboxylic acid groups (broad SMARTS) is 2. The molecule has 36 heavy (non-hydrogen) atoms. The van der Waals surface area contributed by atoms with Crippen molar-refractivity contribution in [3.63, 3.8) is 0 Å². The van der Waals surface area contributed by atoms with Crippen molar-refractivity contribution in [3.8, 4) is 0 Å². The SMILES string of the molecule is CC1(C)CC2CCC1C(C(=O)O)C2=O.O=C(O)c1ccccc1C(=O)Nc1ccccc1C(F)(F)F. The van der Waals surface area contributed by atoms with Gasteiger partial charge in [-0.3, -0.25) is 14.4 Å². The summed E-state index contributed by atoms with van der Waals surface area (Å²) >= 11 is 0. The Balaban J connectivity index is 0.000000221. The predicted octanol–water partition coefficient (Wildman–Crippen LogP) is 5.37. The predicted molar refractivity (Wildman–Crippen MR) is 124 cm³/mol. The van der Waals surface area contributed by atoms with Crippen molar-refractivity contribution in [2.24, 2.45) is 23.2 Å². The van der Waals surface area contributed by atoms with Crippen LogP contribution in [-0.2, 0) is 15.8 Å². The van der Waals surface area contributed by atoms with Gasteiger partial charge < -0.3 is 15.5 Å². The lowest BCUT2D eigenvalue weighted by molar-refractivity contribution is -0.162. The number of carbonyl (C=O) groups is 4. The van der Waals surface area contributed by atoms with Crippen LogP contribution >= 0.6 is 0 Å². The van der Waals surface area contributed by atoms with E-state index in [0.29, 0.717) is 0 Å². The minimum absolute atomic E-state index is 0.0103. The van der Waals surface area contributed by atoms with Crippen LogP contribution in [0.15, 0.2) is 48.5 Å². The van der Waals surface area contributed by atoms with Gasteiger partial charge in [0.2, 0.25) is 0 Å². The van der Waals surface area contributed by atoms with E-state index in [4.69, 9.17) is 10.2 Å². The van der Waals surface area contributed by atoms with E-state index in [1.807, 2.05) is 0 Å². The number of amides is 1. The number of anilines is 1. The van der Waals surface area contributed by atoms with Gasteiger partial charge in [0.1, 0.15) is 11.7 Å². The average Bonchev–Trinajstić information content (AvgIpc) is 2.79. The number of Topliss-reactive ketones (excluding diaryl/α,β-unsaturated/α-hetero) is 1. The van der Waals surface area contributed by atoms with Gasteiger partial charge in [-0.1, -0.05) is 38.1 Å². The first kappa shape index (κ1) is 26.9. The smallest absolute Gasteiger partial charge is 0.418 e. The number of alkyl halides is 3. The number of hydrogen-bond donors (Lipinski definition) is 3. The molecule has 2 bridgehead atoms. The van der Waals surface area contributed by atoms with Crippen molar-refractivity contribution >= 4 is 29.3 Å². The van der Waals surface area contributed by atoms with Crippen molar-refractivity contribution in [1.82, 2.24) is 0 Å². The van der Waals surface area contributed by atoms with Crippen LogP contribution in [0.1, 0.15) is 59.4 Å². The first-order valence-electron chi connectivity index (χ1n) is 11.3. The molecule has 0 saturated heterocycles. The number of hydrogen-bond acceptors (Lipinski definition) is 4.